The molecule has 6 heteroatoms. The first-order valence-corrected chi connectivity index (χ1v) is 8.34. The van der Waals surface area contributed by atoms with Gasteiger partial charge in [-0.2, -0.15) is 13.2 Å². The molecule has 0 bridgehead atoms. The third kappa shape index (κ3) is 4.35. The molecule has 0 N–H and O–H groups in total. The van der Waals surface area contributed by atoms with E-state index < -0.39 is 11.7 Å². The first kappa shape index (κ1) is 18.0. The summed E-state index contributed by atoms with van der Waals surface area (Å²) in [6.07, 6.45) is 3.65. The Morgan fingerprint density at radius 1 is 1.30 bits per heavy atom. The molecular formula is C17H21F3NOP. The SMILES string of the molecule is C\C=C(P)/C(=C\C(=C\CC)C(F)(F)F)c1nc2c(o1)CCCC2. The summed E-state index contributed by atoms with van der Waals surface area (Å²) in [6, 6.07) is 0. The molecule has 1 aromatic heterocycles. The van der Waals surface area contributed by atoms with Gasteiger partial charge in [0.15, 0.2) is 0 Å². The highest BCUT2D eigenvalue weighted by Crippen LogP contribution is 2.35. The molecule has 0 fully saturated rings. The normalized spacial score (nSPS) is 17.4. The summed E-state index contributed by atoms with van der Waals surface area (Å²) in [7, 11) is 2.46. The van der Waals surface area contributed by atoms with E-state index in [4.69, 9.17) is 4.42 Å². The molecule has 0 spiro atoms. The molecule has 0 radical (unpaired) electrons. The van der Waals surface area contributed by atoms with E-state index in [9.17, 15) is 13.2 Å². The van der Waals surface area contributed by atoms with Gasteiger partial charge in [0.2, 0.25) is 5.89 Å². The monoisotopic (exact) mass is 343 g/mol. The summed E-state index contributed by atoms with van der Waals surface area (Å²) < 4.78 is 45.3. The number of nitrogens with zero attached hydrogens (tertiary/aromatic N) is 1. The van der Waals surface area contributed by atoms with Crippen molar-refractivity contribution < 1.29 is 17.6 Å². The molecule has 0 aliphatic heterocycles. The maximum atomic E-state index is 13.2. The Hall–Kier alpha value is -1.35. The van der Waals surface area contributed by atoms with Gasteiger partial charge in [-0.15, -0.1) is 9.24 Å². The fourth-order valence-corrected chi connectivity index (χ4v) is 2.73. The van der Waals surface area contributed by atoms with Crippen molar-refractivity contribution in [3.8, 4) is 0 Å². The lowest BCUT2D eigenvalue weighted by Gasteiger charge is -2.10. The number of hydrogen-bond donors (Lipinski definition) is 0. The van der Waals surface area contributed by atoms with Crippen LogP contribution in [0.3, 0.4) is 0 Å². The van der Waals surface area contributed by atoms with Crippen LogP contribution in [0.15, 0.2) is 33.5 Å². The van der Waals surface area contributed by atoms with E-state index in [2.05, 4.69) is 14.2 Å². The lowest BCUT2D eigenvalue weighted by Crippen LogP contribution is -2.10. The number of oxazole rings is 1. The van der Waals surface area contributed by atoms with Crippen LogP contribution in [0.4, 0.5) is 13.2 Å². The molecular weight excluding hydrogens is 322 g/mol. The van der Waals surface area contributed by atoms with E-state index in [0.717, 1.165) is 43.2 Å². The molecule has 0 saturated carbocycles. The van der Waals surface area contributed by atoms with Gasteiger partial charge in [0.05, 0.1) is 11.3 Å². The smallest absolute Gasteiger partial charge is 0.416 e. The first-order chi connectivity index (χ1) is 10.9. The van der Waals surface area contributed by atoms with E-state index >= 15 is 0 Å². The Morgan fingerprint density at radius 3 is 2.57 bits per heavy atom. The standard InChI is InChI=1S/C17H21F3NOP/c1-3-7-11(17(18,19)20)10-12(15(23)4-2)16-21-13-8-5-6-9-14(13)22-16/h4,7,10H,3,5-6,8-9,23H2,1-2H3/b11-7-,12-10+,15-4+. The van der Waals surface area contributed by atoms with E-state index in [0.29, 0.717) is 17.3 Å². The fourth-order valence-electron chi connectivity index (χ4n) is 2.52. The Bertz CT molecular complexity index is 630. The molecule has 1 aromatic rings. The number of aryl methyl sites for hydroxylation is 2. The fraction of sp³-hybridized carbons (Fsp3) is 0.471. The average Bonchev–Trinajstić information content (AvgIpc) is 2.93. The molecule has 2 nitrogen and oxygen atoms in total. The molecule has 0 amide bonds. The van der Waals surface area contributed by atoms with Gasteiger partial charge in [0, 0.05) is 12.0 Å². The van der Waals surface area contributed by atoms with Gasteiger partial charge >= 0.3 is 6.18 Å². The van der Waals surface area contributed by atoms with Crippen LogP contribution < -0.4 is 0 Å². The molecule has 1 unspecified atom stereocenters. The van der Waals surface area contributed by atoms with Crippen LogP contribution in [-0.2, 0) is 12.8 Å². The summed E-state index contributed by atoms with van der Waals surface area (Å²) in [6.45, 7) is 3.45. The summed E-state index contributed by atoms with van der Waals surface area (Å²) in [5.74, 6) is 1.07. The van der Waals surface area contributed by atoms with Gasteiger partial charge in [-0.05, 0) is 44.0 Å². The molecule has 2 rings (SSSR count). The molecule has 0 aromatic carbocycles. The number of allylic oxidation sites excluding steroid dienone is 6. The van der Waals surface area contributed by atoms with Gasteiger partial charge < -0.3 is 4.42 Å². The van der Waals surface area contributed by atoms with Crippen molar-refractivity contribution in [1.29, 1.82) is 0 Å². The molecule has 1 aliphatic rings. The van der Waals surface area contributed by atoms with Gasteiger partial charge in [0.1, 0.15) is 5.76 Å². The first-order valence-electron chi connectivity index (χ1n) is 7.77. The number of rotatable bonds is 4. The van der Waals surface area contributed by atoms with Crippen molar-refractivity contribution in [3.05, 3.63) is 46.5 Å². The van der Waals surface area contributed by atoms with Crippen molar-refractivity contribution in [1.82, 2.24) is 4.98 Å². The maximum Gasteiger partial charge on any atom is 0.416 e. The Labute approximate surface area is 136 Å². The topological polar surface area (TPSA) is 26.0 Å². The minimum Gasteiger partial charge on any atom is -0.441 e. The second-order valence-electron chi connectivity index (χ2n) is 5.46. The van der Waals surface area contributed by atoms with Crippen molar-refractivity contribution in [2.75, 3.05) is 0 Å². The number of halogens is 3. The highest BCUT2D eigenvalue weighted by atomic mass is 31.0. The highest BCUT2D eigenvalue weighted by molar-refractivity contribution is 7.24. The van der Waals surface area contributed by atoms with Crippen LogP contribution in [0.1, 0.15) is 50.5 Å². The Kier molecular flexibility index (Phi) is 5.85. The zero-order valence-electron chi connectivity index (χ0n) is 13.3. The van der Waals surface area contributed by atoms with E-state index in [-0.39, 0.29) is 5.89 Å². The van der Waals surface area contributed by atoms with Gasteiger partial charge in [-0.3, -0.25) is 0 Å². The number of alkyl halides is 3. The summed E-state index contributed by atoms with van der Waals surface area (Å²) >= 11 is 0. The predicted molar refractivity (Wildman–Crippen MR) is 89.0 cm³/mol. The molecule has 1 aliphatic carbocycles. The highest BCUT2D eigenvalue weighted by Gasteiger charge is 2.32. The second-order valence-corrected chi connectivity index (χ2v) is 6.09. The van der Waals surface area contributed by atoms with Crippen molar-refractivity contribution in [2.24, 2.45) is 0 Å². The molecule has 1 atom stereocenters. The van der Waals surface area contributed by atoms with Crippen molar-refractivity contribution >= 4 is 14.8 Å². The predicted octanol–water partition coefficient (Wildman–Crippen LogP) is 5.61. The lowest BCUT2D eigenvalue weighted by atomic mass is 10.0. The quantitative estimate of drug-likeness (QED) is 0.524. The van der Waals surface area contributed by atoms with Crippen molar-refractivity contribution in [2.45, 2.75) is 52.1 Å². The van der Waals surface area contributed by atoms with Crippen LogP contribution in [-0.4, -0.2) is 11.2 Å². The Morgan fingerprint density at radius 2 is 2.00 bits per heavy atom. The zero-order valence-corrected chi connectivity index (χ0v) is 14.5. The van der Waals surface area contributed by atoms with E-state index in [1.165, 1.54) is 6.08 Å². The third-order valence-corrected chi connectivity index (χ3v) is 4.39. The molecule has 23 heavy (non-hydrogen) atoms. The van der Waals surface area contributed by atoms with Crippen LogP contribution in [0.2, 0.25) is 0 Å². The summed E-state index contributed by atoms with van der Waals surface area (Å²) in [5.41, 5.74) is 0.566. The van der Waals surface area contributed by atoms with Crippen LogP contribution in [0.25, 0.3) is 5.57 Å². The maximum absolute atomic E-state index is 13.2. The summed E-state index contributed by atoms with van der Waals surface area (Å²) in [4.78, 5) is 4.43. The molecule has 126 valence electrons. The van der Waals surface area contributed by atoms with Gasteiger partial charge in [-0.1, -0.05) is 19.1 Å². The number of fused-ring (bicyclic) bond motifs is 1. The minimum atomic E-state index is -4.40. The van der Waals surface area contributed by atoms with Crippen LogP contribution in [0, 0.1) is 0 Å². The average molecular weight is 343 g/mol. The largest absolute Gasteiger partial charge is 0.441 e. The van der Waals surface area contributed by atoms with Crippen LogP contribution >= 0.6 is 9.24 Å². The van der Waals surface area contributed by atoms with Gasteiger partial charge in [0.25, 0.3) is 0 Å². The Balaban J connectivity index is 2.51. The van der Waals surface area contributed by atoms with Crippen molar-refractivity contribution in [3.63, 3.8) is 0 Å². The second kappa shape index (κ2) is 7.48. The number of hydrogen-bond acceptors (Lipinski definition) is 2. The van der Waals surface area contributed by atoms with Gasteiger partial charge in [-0.25, -0.2) is 4.98 Å². The third-order valence-electron chi connectivity index (χ3n) is 3.75. The number of aromatic nitrogens is 1. The molecule has 0 saturated heterocycles. The minimum absolute atomic E-state index is 0.270. The van der Waals surface area contributed by atoms with E-state index in [1.807, 2.05) is 0 Å². The van der Waals surface area contributed by atoms with E-state index in [1.54, 1.807) is 19.9 Å². The zero-order chi connectivity index (χ0) is 17.0. The molecule has 1 heterocycles. The lowest BCUT2D eigenvalue weighted by molar-refractivity contribution is -0.0883. The summed E-state index contributed by atoms with van der Waals surface area (Å²) in [5, 5.41) is 0.634. The van der Waals surface area contributed by atoms with Crippen LogP contribution in [0.5, 0.6) is 0 Å².